The molecular formula is C28H29Cl2N3O3. The lowest BCUT2D eigenvalue weighted by atomic mass is 9.93. The number of hydrogen-bond donors (Lipinski definition) is 2. The Balaban J connectivity index is 1.58. The van der Waals surface area contributed by atoms with E-state index >= 15 is 0 Å². The third-order valence-electron chi connectivity index (χ3n) is 6.46. The summed E-state index contributed by atoms with van der Waals surface area (Å²) >= 11 is 12.9. The fourth-order valence-corrected chi connectivity index (χ4v) is 5.04. The van der Waals surface area contributed by atoms with E-state index in [1.807, 2.05) is 55.5 Å². The highest BCUT2D eigenvalue weighted by Gasteiger charge is 2.34. The Morgan fingerprint density at radius 2 is 1.78 bits per heavy atom. The zero-order valence-electron chi connectivity index (χ0n) is 20.1. The van der Waals surface area contributed by atoms with Gasteiger partial charge in [0.05, 0.1) is 35.5 Å². The van der Waals surface area contributed by atoms with E-state index in [-0.39, 0.29) is 19.3 Å². The molecule has 36 heavy (non-hydrogen) atoms. The Labute approximate surface area is 222 Å². The lowest BCUT2D eigenvalue weighted by molar-refractivity contribution is 0.0103. The van der Waals surface area contributed by atoms with E-state index in [1.165, 1.54) is 0 Å². The van der Waals surface area contributed by atoms with Crippen LogP contribution in [0.3, 0.4) is 0 Å². The average molecular weight is 526 g/mol. The normalized spacial score (nSPS) is 17.9. The molecule has 3 aromatic carbocycles. The Morgan fingerprint density at radius 1 is 1.06 bits per heavy atom. The first-order chi connectivity index (χ1) is 17.3. The standard InChI is InChI=1S/C28H29Cl2N3O3/c1-28(35,21-5-9-23(31-2)10-6-21)19-32-13-14-33(27(18-32)20-3-7-22(29)8-4-20)26-12-11-24(17-25(26)30)36-16-15-34/h3-12,17,27,34-35H,13-16,18-19H2,1H3/t27?,28-/m1/s1. The summed E-state index contributed by atoms with van der Waals surface area (Å²) in [4.78, 5) is 7.97. The van der Waals surface area contributed by atoms with Crippen LogP contribution < -0.4 is 9.64 Å². The van der Waals surface area contributed by atoms with Crippen LogP contribution in [0.2, 0.25) is 10.0 Å². The van der Waals surface area contributed by atoms with Crippen LogP contribution >= 0.6 is 23.2 Å². The van der Waals surface area contributed by atoms with Crippen LogP contribution in [0, 0.1) is 6.57 Å². The highest BCUT2D eigenvalue weighted by Crippen LogP contribution is 2.38. The van der Waals surface area contributed by atoms with Crippen LogP contribution in [-0.4, -0.2) is 54.5 Å². The summed E-state index contributed by atoms with van der Waals surface area (Å²) in [5.41, 5.74) is 2.25. The minimum Gasteiger partial charge on any atom is -0.491 e. The van der Waals surface area contributed by atoms with Crippen LogP contribution in [0.4, 0.5) is 11.4 Å². The smallest absolute Gasteiger partial charge is 0.187 e. The van der Waals surface area contributed by atoms with Crippen molar-refractivity contribution in [1.82, 2.24) is 4.90 Å². The zero-order chi connectivity index (χ0) is 25.7. The molecule has 1 saturated heterocycles. The maximum absolute atomic E-state index is 11.3. The van der Waals surface area contributed by atoms with E-state index in [4.69, 9.17) is 39.6 Å². The molecule has 0 aliphatic carbocycles. The maximum atomic E-state index is 11.3. The summed E-state index contributed by atoms with van der Waals surface area (Å²) in [7, 11) is 0. The van der Waals surface area contributed by atoms with Crippen LogP contribution in [0.1, 0.15) is 24.1 Å². The van der Waals surface area contributed by atoms with Crippen molar-refractivity contribution in [3.8, 4) is 5.75 Å². The lowest BCUT2D eigenvalue weighted by Crippen LogP contribution is -2.52. The van der Waals surface area contributed by atoms with Crippen molar-refractivity contribution in [2.45, 2.75) is 18.6 Å². The van der Waals surface area contributed by atoms with Gasteiger partial charge >= 0.3 is 0 Å². The molecule has 4 rings (SSSR count). The number of nitrogens with zero attached hydrogens (tertiary/aromatic N) is 3. The molecule has 0 bridgehead atoms. The fourth-order valence-electron chi connectivity index (χ4n) is 4.64. The summed E-state index contributed by atoms with van der Waals surface area (Å²) < 4.78 is 5.51. The Bertz CT molecular complexity index is 1210. The molecule has 1 aliphatic rings. The maximum Gasteiger partial charge on any atom is 0.187 e. The predicted molar refractivity (Wildman–Crippen MR) is 144 cm³/mol. The molecule has 1 fully saturated rings. The number of anilines is 1. The molecular weight excluding hydrogens is 497 g/mol. The van der Waals surface area contributed by atoms with Gasteiger partial charge in [0, 0.05) is 37.3 Å². The second-order valence-corrected chi connectivity index (χ2v) is 9.96. The molecule has 2 N–H and O–H groups in total. The molecule has 188 valence electrons. The number of β-amino-alcohol motifs (C(OH)–C–C–N with tert-alkyl or cyclic N) is 1. The van der Waals surface area contributed by atoms with Gasteiger partial charge in [-0.25, -0.2) is 4.85 Å². The Kier molecular flexibility index (Phi) is 8.40. The second kappa shape index (κ2) is 11.5. The van der Waals surface area contributed by atoms with E-state index in [0.717, 1.165) is 23.4 Å². The fraction of sp³-hybridized carbons (Fsp3) is 0.321. The van der Waals surface area contributed by atoms with Crippen molar-refractivity contribution in [2.75, 3.05) is 44.3 Å². The number of rotatable bonds is 8. The van der Waals surface area contributed by atoms with Crippen LogP contribution in [0.5, 0.6) is 5.75 Å². The first kappa shape index (κ1) is 26.3. The van der Waals surface area contributed by atoms with Gasteiger partial charge < -0.3 is 19.8 Å². The van der Waals surface area contributed by atoms with E-state index in [1.54, 1.807) is 18.2 Å². The first-order valence-electron chi connectivity index (χ1n) is 11.8. The van der Waals surface area contributed by atoms with E-state index in [0.29, 0.717) is 41.1 Å². The Morgan fingerprint density at radius 3 is 2.42 bits per heavy atom. The van der Waals surface area contributed by atoms with Gasteiger partial charge in [-0.2, -0.15) is 0 Å². The molecule has 6 nitrogen and oxygen atoms in total. The van der Waals surface area contributed by atoms with E-state index in [9.17, 15) is 5.11 Å². The SMILES string of the molecule is [C-]#[N+]c1ccc([C@](C)(O)CN2CCN(c3ccc(OCCO)cc3Cl)C(c3ccc(Cl)cc3)C2)cc1. The van der Waals surface area contributed by atoms with Gasteiger partial charge in [0.2, 0.25) is 0 Å². The molecule has 2 atom stereocenters. The van der Waals surface area contributed by atoms with Crippen molar-refractivity contribution in [3.05, 3.63) is 99.3 Å². The molecule has 1 heterocycles. The number of aliphatic hydroxyl groups excluding tert-OH is 1. The Hall–Kier alpha value is -2.79. The first-order valence-corrected chi connectivity index (χ1v) is 12.5. The largest absolute Gasteiger partial charge is 0.491 e. The van der Waals surface area contributed by atoms with Crippen molar-refractivity contribution in [1.29, 1.82) is 0 Å². The van der Waals surface area contributed by atoms with E-state index < -0.39 is 5.60 Å². The lowest BCUT2D eigenvalue weighted by Gasteiger charge is -2.45. The van der Waals surface area contributed by atoms with Crippen molar-refractivity contribution >= 4 is 34.6 Å². The van der Waals surface area contributed by atoms with Gasteiger partial charge in [-0.3, -0.25) is 4.90 Å². The summed E-state index contributed by atoms with van der Waals surface area (Å²) in [6.07, 6.45) is 0. The van der Waals surface area contributed by atoms with Crippen LogP contribution in [0.15, 0.2) is 66.7 Å². The number of ether oxygens (including phenoxy) is 1. The minimum absolute atomic E-state index is 0.0157. The number of piperazine rings is 1. The van der Waals surface area contributed by atoms with Crippen molar-refractivity contribution < 1.29 is 14.9 Å². The van der Waals surface area contributed by atoms with Gasteiger partial charge in [-0.05, 0) is 42.3 Å². The molecule has 1 unspecified atom stereocenters. The zero-order valence-corrected chi connectivity index (χ0v) is 21.6. The van der Waals surface area contributed by atoms with Gasteiger partial charge in [0.25, 0.3) is 0 Å². The minimum atomic E-state index is -1.07. The highest BCUT2D eigenvalue weighted by molar-refractivity contribution is 6.33. The number of hydrogen-bond acceptors (Lipinski definition) is 5. The predicted octanol–water partition coefficient (Wildman–Crippen LogP) is 5.69. The van der Waals surface area contributed by atoms with Gasteiger partial charge in [0.15, 0.2) is 5.69 Å². The van der Waals surface area contributed by atoms with Crippen molar-refractivity contribution in [2.24, 2.45) is 0 Å². The third kappa shape index (κ3) is 6.12. The molecule has 8 heteroatoms. The quantitative estimate of drug-likeness (QED) is 0.370. The highest BCUT2D eigenvalue weighted by atomic mass is 35.5. The third-order valence-corrected chi connectivity index (χ3v) is 7.01. The van der Waals surface area contributed by atoms with E-state index in [2.05, 4.69) is 14.6 Å². The molecule has 0 saturated carbocycles. The summed E-state index contributed by atoms with van der Waals surface area (Å²) in [5, 5.41) is 21.6. The van der Waals surface area contributed by atoms with Crippen LogP contribution in [-0.2, 0) is 5.60 Å². The van der Waals surface area contributed by atoms with Gasteiger partial charge in [-0.1, -0.05) is 59.6 Å². The van der Waals surface area contributed by atoms with Gasteiger partial charge in [0.1, 0.15) is 12.4 Å². The number of benzene rings is 3. The number of halogens is 2. The monoisotopic (exact) mass is 525 g/mol. The van der Waals surface area contributed by atoms with Crippen LogP contribution in [0.25, 0.3) is 4.85 Å². The van der Waals surface area contributed by atoms with Gasteiger partial charge in [-0.15, -0.1) is 0 Å². The molecule has 3 aromatic rings. The second-order valence-electron chi connectivity index (χ2n) is 9.11. The molecule has 0 radical (unpaired) electrons. The summed E-state index contributed by atoms with van der Waals surface area (Å²) in [5.74, 6) is 0.611. The number of aliphatic hydroxyl groups is 2. The molecule has 0 amide bonds. The average Bonchev–Trinajstić information content (AvgIpc) is 2.88. The topological polar surface area (TPSA) is 60.5 Å². The summed E-state index contributed by atoms with van der Waals surface area (Å²) in [6.45, 7) is 11.7. The molecule has 0 aromatic heterocycles. The van der Waals surface area contributed by atoms with Crippen molar-refractivity contribution in [3.63, 3.8) is 0 Å². The molecule has 1 aliphatic heterocycles. The summed E-state index contributed by atoms with van der Waals surface area (Å²) in [6, 6.07) is 20.5. The molecule has 0 spiro atoms.